The van der Waals surface area contributed by atoms with Gasteiger partial charge in [0.05, 0.1) is 11.9 Å². The van der Waals surface area contributed by atoms with Crippen LogP contribution in [0.5, 0.6) is 0 Å². The van der Waals surface area contributed by atoms with Crippen molar-refractivity contribution in [3.63, 3.8) is 0 Å². The summed E-state index contributed by atoms with van der Waals surface area (Å²) in [6, 6.07) is 0. The second kappa shape index (κ2) is 5.44. The Morgan fingerprint density at radius 2 is 1.75 bits per heavy atom. The molecule has 1 N–H and O–H groups in total. The molecule has 2 aliphatic rings. The Kier molecular flexibility index (Phi) is 4.18. The van der Waals surface area contributed by atoms with Gasteiger partial charge in [-0.3, -0.25) is 0 Å². The van der Waals surface area contributed by atoms with E-state index in [1.165, 1.54) is 0 Å². The van der Waals surface area contributed by atoms with Gasteiger partial charge >= 0.3 is 0 Å². The summed E-state index contributed by atoms with van der Waals surface area (Å²) in [5.41, 5.74) is 0. The number of ether oxygens (including phenoxy) is 2. The molecule has 0 aliphatic carbocycles. The van der Waals surface area contributed by atoms with E-state index in [2.05, 4.69) is 4.72 Å². The summed E-state index contributed by atoms with van der Waals surface area (Å²) < 4.78 is 37.0. The highest BCUT2D eigenvalue weighted by Crippen LogP contribution is 2.16. The van der Waals surface area contributed by atoms with Crippen molar-refractivity contribution in [1.29, 1.82) is 0 Å². The number of hydrogen-bond donors (Lipinski definition) is 1. The molecule has 0 spiro atoms. The van der Waals surface area contributed by atoms with Gasteiger partial charge in [0.2, 0.25) is 10.0 Å². The molecule has 0 aromatic rings. The topological polar surface area (TPSA) is 64.6 Å². The van der Waals surface area contributed by atoms with Crippen LogP contribution in [0.15, 0.2) is 0 Å². The van der Waals surface area contributed by atoms with E-state index in [4.69, 9.17) is 9.47 Å². The van der Waals surface area contributed by atoms with Crippen molar-refractivity contribution in [3.8, 4) is 0 Å². The summed E-state index contributed by atoms with van der Waals surface area (Å²) in [4.78, 5) is 0. The van der Waals surface area contributed by atoms with Crippen molar-refractivity contribution < 1.29 is 17.9 Å². The SMILES string of the molecule is O=S(=O)(NC[C@@H]1CCOC1)C1CCOCC1. The summed E-state index contributed by atoms with van der Waals surface area (Å²) in [5.74, 6) is 0.342. The largest absolute Gasteiger partial charge is 0.381 e. The van der Waals surface area contributed by atoms with Crippen LogP contribution in [-0.4, -0.2) is 46.6 Å². The fourth-order valence-electron chi connectivity index (χ4n) is 2.08. The third-order valence-electron chi connectivity index (χ3n) is 3.20. The molecule has 0 amide bonds. The van der Waals surface area contributed by atoms with Crippen LogP contribution in [0.4, 0.5) is 0 Å². The lowest BCUT2D eigenvalue weighted by molar-refractivity contribution is 0.0981. The molecule has 0 unspecified atom stereocenters. The minimum absolute atomic E-state index is 0.274. The molecule has 94 valence electrons. The summed E-state index contributed by atoms with van der Waals surface area (Å²) in [6.07, 6.45) is 2.17. The van der Waals surface area contributed by atoms with E-state index in [-0.39, 0.29) is 5.25 Å². The predicted octanol–water partition coefficient (Wildman–Crippen LogP) is 0.121. The van der Waals surface area contributed by atoms with E-state index < -0.39 is 10.0 Å². The molecule has 2 fully saturated rings. The maximum absolute atomic E-state index is 11.9. The number of sulfonamides is 1. The normalized spacial score (nSPS) is 28.4. The lowest BCUT2D eigenvalue weighted by Crippen LogP contribution is -2.40. The zero-order chi connectivity index (χ0) is 11.4. The zero-order valence-electron chi connectivity index (χ0n) is 9.35. The maximum Gasteiger partial charge on any atom is 0.214 e. The smallest absolute Gasteiger partial charge is 0.214 e. The van der Waals surface area contributed by atoms with Crippen molar-refractivity contribution in [1.82, 2.24) is 4.72 Å². The van der Waals surface area contributed by atoms with Gasteiger partial charge < -0.3 is 9.47 Å². The van der Waals surface area contributed by atoms with E-state index in [1.54, 1.807) is 0 Å². The molecule has 5 nitrogen and oxygen atoms in total. The van der Waals surface area contributed by atoms with E-state index in [0.29, 0.717) is 45.1 Å². The predicted molar refractivity (Wildman–Crippen MR) is 59.7 cm³/mol. The van der Waals surface area contributed by atoms with Crippen molar-refractivity contribution in [2.24, 2.45) is 5.92 Å². The molecule has 0 aromatic heterocycles. The molecule has 2 heterocycles. The molecule has 16 heavy (non-hydrogen) atoms. The first kappa shape index (κ1) is 12.3. The number of nitrogens with one attached hydrogen (secondary N) is 1. The average Bonchev–Trinajstić information content (AvgIpc) is 2.81. The van der Waals surface area contributed by atoms with Crippen LogP contribution < -0.4 is 4.72 Å². The van der Waals surface area contributed by atoms with Crippen molar-refractivity contribution in [2.45, 2.75) is 24.5 Å². The lowest BCUT2D eigenvalue weighted by atomic mass is 10.1. The van der Waals surface area contributed by atoms with Gasteiger partial charge in [-0.1, -0.05) is 0 Å². The van der Waals surface area contributed by atoms with E-state index in [0.717, 1.165) is 13.0 Å². The molecule has 0 radical (unpaired) electrons. The van der Waals surface area contributed by atoms with Crippen LogP contribution in [0.2, 0.25) is 0 Å². The quantitative estimate of drug-likeness (QED) is 0.768. The zero-order valence-corrected chi connectivity index (χ0v) is 10.2. The third-order valence-corrected chi connectivity index (χ3v) is 5.12. The summed E-state index contributed by atoms with van der Waals surface area (Å²) in [6.45, 7) is 3.05. The Bertz CT molecular complexity index is 305. The second-order valence-corrected chi connectivity index (χ2v) is 6.48. The fourth-order valence-corrected chi connectivity index (χ4v) is 3.60. The van der Waals surface area contributed by atoms with Gasteiger partial charge in [0.25, 0.3) is 0 Å². The van der Waals surface area contributed by atoms with Gasteiger partial charge in [-0.05, 0) is 25.2 Å². The van der Waals surface area contributed by atoms with Crippen molar-refractivity contribution in [2.75, 3.05) is 33.0 Å². The fraction of sp³-hybridized carbons (Fsp3) is 1.00. The molecule has 0 aromatic carbocycles. The standard InChI is InChI=1S/C10H19NO4S/c12-16(13,10-2-5-14-6-3-10)11-7-9-1-4-15-8-9/h9-11H,1-8H2/t9-/m0/s1. The highest BCUT2D eigenvalue weighted by atomic mass is 32.2. The maximum atomic E-state index is 11.9. The minimum atomic E-state index is -3.16. The lowest BCUT2D eigenvalue weighted by Gasteiger charge is -2.23. The molecular weight excluding hydrogens is 230 g/mol. The summed E-state index contributed by atoms with van der Waals surface area (Å²) in [7, 11) is -3.16. The van der Waals surface area contributed by atoms with Gasteiger partial charge in [-0.15, -0.1) is 0 Å². The highest BCUT2D eigenvalue weighted by Gasteiger charge is 2.28. The third kappa shape index (κ3) is 3.16. The van der Waals surface area contributed by atoms with Crippen LogP contribution in [0.25, 0.3) is 0 Å². The van der Waals surface area contributed by atoms with Crippen molar-refractivity contribution >= 4 is 10.0 Å². The average molecular weight is 249 g/mol. The highest BCUT2D eigenvalue weighted by molar-refractivity contribution is 7.90. The molecule has 0 saturated carbocycles. The first-order valence-corrected chi connectivity index (χ1v) is 7.37. The van der Waals surface area contributed by atoms with Gasteiger partial charge in [0.15, 0.2) is 0 Å². The first-order chi connectivity index (χ1) is 7.68. The first-order valence-electron chi connectivity index (χ1n) is 5.82. The molecule has 6 heteroatoms. The van der Waals surface area contributed by atoms with Gasteiger partial charge in [-0.2, -0.15) is 0 Å². The van der Waals surface area contributed by atoms with Crippen LogP contribution in [0.1, 0.15) is 19.3 Å². The molecule has 2 saturated heterocycles. The molecule has 1 atom stereocenters. The Balaban J connectivity index is 1.81. The van der Waals surface area contributed by atoms with Crippen LogP contribution in [0, 0.1) is 5.92 Å². The van der Waals surface area contributed by atoms with Gasteiger partial charge in [0.1, 0.15) is 0 Å². The Labute approximate surface area is 96.5 Å². The molecule has 2 rings (SSSR count). The van der Waals surface area contributed by atoms with E-state index in [1.807, 2.05) is 0 Å². The van der Waals surface area contributed by atoms with E-state index in [9.17, 15) is 8.42 Å². The Hall–Kier alpha value is -0.170. The summed E-state index contributed by atoms with van der Waals surface area (Å²) >= 11 is 0. The van der Waals surface area contributed by atoms with E-state index >= 15 is 0 Å². The molecule has 2 aliphatic heterocycles. The minimum Gasteiger partial charge on any atom is -0.381 e. The van der Waals surface area contributed by atoms with Gasteiger partial charge in [-0.25, -0.2) is 13.1 Å². The van der Waals surface area contributed by atoms with Crippen molar-refractivity contribution in [3.05, 3.63) is 0 Å². The monoisotopic (exact) mass is 249 g/mol. The van der Waals surface area contributed by atoms with Crippen LogP contribution >= 0.6 is 0 Å². The molecular formula is C10H19NO4S. The number of hydrogen-bond acceptors (Lipinski definition) is 4. The van der Waals surface area contributed by atoms with Crippen LogP contribution in [-0.2, 0) is 19.5 Å². The second-order valence-electron chi connectivity index (χ2n) is 4.43. The van der Waals surface area contributed by atoms with Gasteiger partial charge in [0, 0.05) is 26.4 Å². The Morgan fingerprint density at radius 3 is 2.38 bits per heavy atom. The Morgan fingerprint density at radius 1 is 1.06 bits per heavy atom. The molecule has 0 bridgehead atoms. The summed E-state index contributed by atoms with van der Waals surface area (Å²) in [5, 5.41) is -0.274. The number of rotatable bonds is 4. The van der Waals surface area contributed by atoms with Crippen LogP contribution in [0.3, 0.4) is 0 Å².